The van der Waals surface area contributed by atoms with E-state index in [2.05, 4.69) is 5.32 Å². The van der Waals surface area contributed by atoms with Gasteiger partial charge in [0.1, 0.15) is 0 Å². The lowest BCUT2D eigenvalue weighted by molar-refractivity contribution is -0.121. The number of amides is 1. The SMILES string of the molecule is CCCn1c(=O)n(CCC(=O)NCCc2ccc(N)cc2)c2ccccc21. The van der Waals surface area contributed by atoms with Crippen LogP contribution in [-0.2, 0) is 24.3 Å². The molecule has 1 heterocycles. The highest BCUT2D eigenvalue weighted by molar-refractivity contribution is 5.78. The van der Waals surface area contributed by atoms with Crippen LogP contribution in [0, 0.1) is 0 Å². The van der Waals surface area contributed by atoms with Crippen LogP contribution in [0.2, 0.25) is 0 Å². The molecule has 0 unspecified atom stereocenters. The van der Waals surface area contributed by atoms with Gasteiger partial charge in [0.2, 0.25) is 5.91 Å². The summed E-state index contributed by atoms with van der Waals surface area (Å²) in [5.41, 5.74) is 9.29. The molecule has 27 heavy (non-hydrogen) atoms. The molecule has 3 N–H and O–H groups in total. The number of nitrogens with zero attached hydrogens (tertiary/aromatic N) is 2. The van der Waals surface area contributed by atoms with Crippen molar-refractivity contribution in [3.63, 3.8) is 0 Å². The maximum atomic E-state index is 12.7. The van der Waals surface area contributed by atoms with Crippen LogP contribution < -0.4 is 16.7 Å². The van der Waals surface area contributed by atoms with Crippen molar-refractivity contribution in [3.05, 3.63) is 64.6 Å². The molecule has 6 nitrogen and oxygen atoms in total. The Bertz CT molecular complexity index is 970. The van der Waals surface area contributed by atoms with Gasteiger partial charge in [-0.25, -0.2) is 4.79 Å². The fourth-order valence-corrected chi connectivity index (χ4v) is 3.26. The summed E-state index contributed by atoms with van der Waals surface area (Å²) in [6.07, 6.45) is 1.92. The Labute approximate surface area is 158 Å². The molecule has 2 aromatic carbocycles. The zero-order valence-corrected chi connectivity index (χ0v) is 15.6. The molecular weight excluding hydrogens is 340 g/mol. The molecular formula is C21H26N4O2. The van der Waals surface area contributed by atoms with Gasteiger partial charge in [0.05, 0.1) is 11.0 Å². The molecule has 142 valence electrons. The van der Waals surface area contributed by atoms with Crippen molar-refractivity contribution in [3.8, 4) is 0 Å². The minimum Gasteiger partial charge on any atom is -0.399 e. The van der Waals surface area contributed by atoms with Gasteiger partial charge in [-0.15, -0.1) is 0 Å². The molecule has 0 bridgehead atoms. The van der Waals surface area contributed by atoms with Gasteiger partial charge in [0.25, 0.3) is 0 Å². The number of nitrogens with one attached hydrogen (secondary N) is 1. The highest BCUT2D eigenvalue weighted by Crippen LogP contribution is 2.13. The topological polar surface area (TPSA) is 82.0 Å². The van der Waals surface area contributed by atoms with Crippen LogP contribution in [0.3, 0.4) is 0 Å². The van der Waals surface area contributed by atoms with Crippen LogP contribution in [0.5, 0.6) is 0 Å². The number of carbonyl (C=O) groups is 1. The lowest BCUT2D eigenvalue weighted by atomic mass is 10.1. The van der Waals surface area contributed by atoms with Gasteiger partial charge in [-0.1, -0.05) is 31.2 Å². The second kappa shape index (κ2) is 8.58. The van der Waals surface area contributed by atoms with Crippen LogP contribution in [0.4, 0.5) is 5.69 Å². The summed E-state index contributed by atoms with van der Waals surface area (Å²) in [5.74, 6) is -0.0512. The van der Waals surface area contributed by atoms with Crippen molar-refractivity contribution in [2.24, 2.45) is 0 Å². The predicted octanol–water partition coefficient (Wildman–Crippen LogP) is 2.54. The first-order chi connectivity index (χ1) is 13.1. The van der Waals surface area contributed by atoms with Crippen molar-refractivity contribution in [1.29, 1.82) is 0 Å². The predicted molar refractivity (Wildman–Crippen MR) is 109 cm³/mol. The van der Waals surface area contributed by atoms with Crippen LogP contribution in [0.1, 0.15) is 25.3 Å². The summed E-state index contributed by atoms with van der Waals surface area (Å²) >= 11 is 0. The third-order valence-electron chi connectivity index (χ3n) is 4.65. The Kier molecular flexibility index (Phi) is 5.96. The molecule has 0 aliphatic rings. The number of carbonyl (C=O) groups excluding carboxylic acids is 1. The molecule has 1 aromatic heterocycles. The van der Waals surface area contributed by atoms with Crippen LogP contribution in [0.15, 0.2) is 53.3 Å². The van der Waals surface area contributed by atoms with E-state index in [1.807, 2.05) is 55.5 Å². The first kappa shape index (κ1) is 18.8. The maximum Gasteiger partial charge on any atom is 0.329 e. The van der Waals surface area contributed by atoms with Gasteiger partial charge >= 0.3 is 5.69 Å². The van der Waals surface area contributed by atoms with E-state index < -0.39 is 0 Å². The monoisotopic (exact) mass is 366 g/mol. The van der Waals surface area contributed by atoms with Gasteiger partial charge in [0.15, 0.2) is 0 Å². The molecule has 6 heteroatoms. The van der Waals surface area contributed by atoms with Gasteiger partial charge in [-0.05, 0) is 42.7 Å². The Balaban J connectivity index is 1.59. The van der Waals surface area contributed by atoms with E-state index in [-0.39, 0.29) is 18.0 Å². The first-order valence-electron chi connectivity index (χ1n) is 9.39. The fraction of sp³-hybridized carbons (Fsp3) is 0.333. The molecule has 0 saturated carbocycles. The smallest absolute Gasteiger partial charge is 0.329 e. The van der Waals surface area contributed by atoms with Crippen molar-refractivity contribution >= 4 is 22.6 Å². The van der Waals surface area contributed by atoms with E-state index in [0.29, 0.717) is 19.6 Å². The highest BCUT2D eigenvalue weighted by Gasteiger charge is 2.13. The Morgan fingerprint density at radius 1 is 1.00 bits per heavy atom. The summed E-state index contributed by atoms with van der Waals surface area (Å²) in [5, 5.41) is 2.92. The van der Waals surface area contributed by atoms with E-state index >= 15 is 0 Å². The number of imidazole rings is 1. The number of fused-ring (bicyclic) bond motifs is 1. The van der Waals surface area contributed by atoms with Gasteiger partial charge < -0.3 is 11.1 Å². The molecule has 0 radical (unpaired) electrons. The number of nitrogens with two attached hydrogens (primary N) is 1. The Hall–Kier alpha value is -3.02. The number of aryl methyl sites for hydroxylation is 2. The number of hydrogen-bond donors (Lipinski definition) is 2. The number of aromatic nitrogens is 2. The average Bonchev–Trinajstić information content (AvgIpc) is 2.94. The second-order valence-corrected chi connectivity index (χ2v) is 6.67. The van der Waals surface area contributed by atoms with E-state index in [0.717, 1.165) is 35.1 Å². The van der Waals surface area contributed by atoms with Gasteiger partial charge in [-0.2, -0.15) is 0 Å². The lowest BCUT2D eigenvalue weighted by Gasteiger charge is -2.07. The van der Waals surface area contributed by atoms with Crippen molar-refractivity contribution in [2.75, 3.05) is 12.3 Å². The summed E-state index contributed by atoms with van der Waals surface area (Å²) in [6, 6.07) is 15.4. The molecule has 0 saturated heterocycles. The first-order valence-corrected chi connectivity index (χ1v) is 9.39. The molecule has 3 aromatic rings. The average molecular weight is 366 g/mol. The Morgan fingerprint density at radius 2 is 1.63 bits per heavy atom. The largest absolute Gasteiger partial charge is 0.399 e. The summed E-state index contributed by atoms with van der Waals surface area (Å²) < 4.78 is 3.49. The zero-order chi connectivity index (χ0) is 19.2. The number of nitrogen functional groups attached to an aromatic ring is 1. The van der Waals surface area contributed by atoms with Crippen LogP contribution >= 0.6 is 0 Å². The second-order valence-electron chi connectivity index (χ2n) is 6.67. The fourth-order valence-electron chi connectivity index (χ4n) is 3.26. The van der Waals surface area contributed by atoms with E-state index in [1.54, 1.807) is 9.13 Å². The standard InChI is InChI=1S/C21H26N4O2/c1-2-14-24-18-5-3-4-6-19(18)25(21(24)27)15-12-20(26)23-13-11-16-7-9-17(22)10-8-16/h3-10H,2,11-15,22H2,1H3,(H,23,26). The molecule has 0 spiro atoms. The Morgan fingerprint density at radius 3 is 2.26 bits per heavy atom. The van der Waals surface area contributed by atoms with Gasteiger partial charge in [0, 0.05) is 31.7 Å². The molecule has 0 fully saturated rings. The lowest BCUT2D eigenvalue weighted by Crippen LogP contribution is -2.29. The minimum atomic E-state index is -0.0512. The molecule has 3 rings (SSSR count). The van der Waals surface area contributed by atoms with Crippen LogP contribution in [0.25, 0.3) is 11.0 Å². The van der Waals surface area contributed by atoms with Crippen molar-refractivity contribution in [2.45, 2.75) is 39.3 Å². The number of para-hydroxylation sites is 2. The van der Waals surface area contributed by atoms with Crippen molar-refractivity contribution in [1.82, 2.24) is 14.5 Å². The van der Waals surface area contributed by atoms with Crippen LogP contribution in [-0.4, -0.2) is 21.6 Å². The number of anilines is 1. The molecule has 1 amide bonds. The van der Waals surface area contributed by atoms with E-state index in [4.69, 9.17) is 5.73 Å². The van der Waals surface area contributed by atoms with Crippen molar-refractivity contribution < 1.29 is 4.79 Å². The van der Waals surface area contributed by atoms with Gasteiger partial charge in [-0.3, -0.25) is 13.9 Å². The third-order valence-corrected chi connectivity index (χ3v) is 4.65. The normalized spacial score (nSPS) is 11.0. The highest BCUT2D eigenvalue weighted by atomic mass is 16.2. The molecule has 0 aliphatic heterocycles. The summed E-state index contributed by atoms with van der Waals surface area (Å²) in [4.78, 5) is 24.9. The number of rotatable bonds is 8. The molecule has 0 atom stereocenters. The van der Waals surface area contributed by atoms with E-state index in [1.165, 1.54) is 0 Å². The number of hydrogen-bond acceptors (Lipinski definition) is 3. The third kappa shape index (κ3) is 4.39. The summed E-state index contributed by atoms with van der Waals surface area (Å²) in [7, 11) is 0. The molecule has 0 aliphatic carbocycles. The maximum absolute atomic E-state index is 12.7. The number of benzene rings is 2. The quantitative estimate of drug-likeness (QED) is 0.601. The summed E-state index contributed by atoms with van der Waals surface area (Å²) in [6.45, 7) is 3.67. The minimum absolute atomic E-state index is 0.0484. The zero-order valence-electron chi connectivity index (χ0n) is 15.6. The van der Waals surface area contributed by atoms with E-state index in [9.17, 15) is 9.59 Å².